The Morgan fingerprint density at radius 2 is 1.37 bits per heavy atom. The minimum absolute atomic E-state index is 0.109. The third-order valence-corrected chi connectivity index (χ3v) is 2.71. The molecule has 19 heavy (non-hydrogen) atoms. The predicted octanol–water partition coefficient (Wildman–Crippen LogP) is 4.87. The minimum atomic E-state index is -3.16. The Morgan fingerprint density at radius 1 is 0.895 bits per heavy atom. The first-order valence-corrected chi connectivity index (χ1v) is 5.93. The van der Waals surface area contributed by atoms with Gasteiger partial charge in [0, 0.05) is 6.42 Å². The largest absolute Gasteiger partial charge is 0.433 e. The van der Waals surface area contributed by atoms with Crippen LogP contribution < -0.4 is 4.74 Å². The van der Waals surface area contributed by atoms with Gasteiger partial charge in [0.25, 0.3) is 0 Å². The third-order valence-electron chi connectivity index (χ3n) is 2.71. The van der Waals surface area contributed by atoms with E-state index in [2.05, 4.69) is 4.74 Å². The van der Waals surface area contributed by atoms with Gasteiger partial charge in [0.05, 0.1) is 0 Å². The molecule has 0 saturated carbocycles. The van der Waals surface area contributed by atoms with E-state index in [9.17, 15) is 13.2 Å². The van der Waals surface area contributed by atoms with Crippen LogP contribution in [0.1, 0.15) is 13.3 Å². The van der Waals surface area contributed by atoms with Gasteiger partial charge < -0.3 is 4.74 Å². The van der Waals surface area contributed by atoms with Crippen molar-refractivity contribution in [2.45, 2.75) is 19.5 Å². The van der Waals surface area contributed by atoms with Crippen molar-refractivity contribution in [1.29, 1.82) is 0 Å². The zero-order chi connectivity index (χ0) is 13.9. The Morgan fingerprint density at radius 3 is 1.84 bits per heavy atom. The fraction of sp³-hybridized carbons (Fsp3) is 0.200. The van der Waals surface area contributed by atoms with E-state index in [1.807, 2.05) is 0 Å². The van der Waals surface area contributed by atoms with Crippen molar-refractivity contribution in [3.05, 3.63) is 54.3 Å². The quantitative estimate of drug-likeness (QED) is 0.766. The highest BCUT2D eigenvalue weighted by Crippen LogP contribution is 2.27. The minimum Gasteiger partial charge on any atom is -0.433 e. The molecule has 0 spiro atoms. The van der Waals surface area contributed by atoms with Gasteiger partial charge in [0.1, 0.15) is 11.6 Å². The Balaban J connectivity index is 2.16. The maximum absolute atomic E-state index is 13.0. The van der Waals surface area contributed by atoms with Crippen LogP contribution in [0.2, 0.25) is 0 Å². The second-order valence-electron chi connectivity index (χ2n) is 4.12. The summed E-state index contributed by atoms with van der Waals surface area (Å²) in [5.74, 6) is -0.205. The number of rotatable bonds is 4. The van der Waals surface area contributed by atoms with E-state index in [1.54, 1.807) is 24.3 Å². The first-order chi connectivity index (χ1) is 9.00. The number of halogens is 3. The molecule has 0 aliphatic rings. The average molecular weight is 266 g/mol. The number of benzene rings is 2. The number of hydrogen-bond acceptors (Lipinski definition) is 1. The molecule has 0 aliphatic heterocycles. The lowest BCUT2D eigenvalue weighted by Crippen LogP contribution is -2.22. The fourth-order valence-corrected chi connectivity index (χ4v) is 1.60. The lowest BCUT2D eigenvalue weighted by atomic mass is 10.1. The smallest absolute Gasteiger partial charge is 0.397 e. The SMILES string of the molecule is CCC(F)(F)Oc1ccc(-c2ccc(F)cc2)cc1. The molecular weight excluding hydrogens is 253 g/mol. The second kappa shape index (κ2) is 5.34. The topological polar surface area (TPSA) is 9.23 Å². The summed E-state index contributed by atoms with van der Waals surface area (Å²) < 4.78 is 43.4. The molecule has 0 bridgehead atoms. The van der Waals surface area contributed by atoms with E-state index in [1.165, 1.54) is 31.2 Å². The Labute approximate surface area is 109 Å². The first kappa shape index (κ1) is 13.5. The van der Waals surface area contributed by atoms with Crippen molar-refractivity contribution in [3.63, 3.8) is 0 Å². The van der Waals surface area contributed by atoms with Gasteiger partial charge in [-0.25, -0.2) is 4.39 Å². The Bertz CT molecular complexity index is 532. The van der Waals surface area contributed by atoms with Crippen molar-refractivity contribution < 1.29 is 17.9 Å². The van der Waals surface area contributed by atoms with Crippen LogP contribution in [0.4, 0.5) is 13.2 Å². The maximum Gasteiger partial charge on any atom is 0.397 e. The monoisotopic (exact) mass is 266 g/mol. The van der Waals surface area contributed by atoms with Crippen LogP contribution in [0.5, 0.6) is 5.75 Å². The van der Waals surface area contributed by atoms with Crippen LogP contribution in [0.15, 0.2) is 48.5 Å². The summed E-state index contributed by atoms with van der Waals surface area (Å²) in [5.41, 5.74) is 1.63. The van der Waals surface area contributed by atoms with Crippen molar-refractivity contribution >= 4 is 0 Å². The van der Waals surface area contributed by atoms with Gasteiger partial charge in [-0.3, -0.25) is 0 Å². The second-order valence-corrected chi connectivity index (χ2v) is 4.12. The van der Waals surface area contributed by atoms with E-state index in [4.69, 9.17) is 0 Å². The Kier molecular flexibility index (Phi) is 3.79. The molecule has 0 unspecified atom stereocenters. The molecule has 2 aromatic rings. The van der Waals surface area contributed by atoms with Gasteiger partial charge in [-0.2, -0.15) is 8.78 Å². The summed E-state index contributed by atoms with van der Waals surface area (Å²) in [7, 11) is 0. The molecule has 2 rings (SSSR count). The zero-order valence-electron chi connectivity index (χ0n) is 10.4. The highest BCUT2D eigenvalue weighted by Gasteiger charge is 2.28. The van der Waals surface area contributed by atoms with Crippen LogP contribution in [0.25, 0.3) is 11.1 Å². The average Bonchev–Trinajstić information content (AvgIpc) is 2.40. The molecule has 0 fully saturated rings. The zero-order valence-corrected chi connectivity index (χ0v) is 10.4. The summed E-state index contributed by atoms with van der Waals surface area (Å²) in [6.07, 6.45) is -3.54. The first-order valence-electron chi connectivity index (χ1n) is 5.93. The molecule has 0 aliphatic carbocycles. The summed E-state index contributed by atoms with van der Waals surface area (Å²) in [6, 6.07) is 12.2. The summed E-state index contributed by atoms with van der Waals surface area (Å²) in [5, 5.41) is 0. The molecule has 0 aromatic heterocycles. The van der Waals surface area contributed by atoms with Crippen molar-refractivity contribution in [2.75, 3.05) is 0 Å². The van der Waals surface area contributed by atoms with E-state index >= 15 is 0 Å². The molecular formula is C15H13F3O. The lowest BCUT2D eigenvalue weighted by molar-refractivity contribution is -0.177. The number of hydrogen-bond donors (Lipinski definition) is 0. The van der Waals surface area contributed by atoms with Gasteiger partial charge in [-0.05, 0) is 35.4 Å². The third kappa shape index (κ3) is 3.50. The molecule has 100 valence electrons. The molecule has 0 saturated heterocycles. The highest BCUT2D eigenvalue weighted by molar-refractivity contribution is 5.63. The molecule has 1 nitrogen and oxygen atoms in total. The van der Waals surface area contributed by atoms with Crippen molar-refractivity contribution in [2.24, 2.45) is 0 Å². The maximum atomic E-state index is 13.0. The fourth-order valence-electron chi connectivity index (χ4n) is 1.60. The Hall–Kier alpha value is -1.97. The summed E-state index contributed by atoms with van der Waals surface area (Å²) in [6.45, 7) is 1.35. The lowest BCUT2D eigenvalue weighted by Gasteiger charge is -2.16. The predicted molar refractivity (Wildman–Crippen MR) is 67.7 cm³/mol. The molecule has 2 aromatic carbocycles. The standard InChI is InChI=1S/C15H13F3O/c1-2-15(17,18)19-14-9-5-12(6-10-14)11-3-7-13(16)8-4-11/h3-10H,2H2,1H3. The van der Waals surface area contributed by atoms with E-state index in [0.717, 1.165) is 11.1 Å². The van der Waals surface area contributed by atoms with E-state index in [-0.39, 0.29) is 18.0 Å². The number of ether oxygens (including phenoxy) is 1. The van der Waals surface area contributed by atoms with Gasteiger partial charge in [-0.1, -0.05) is 31.2 Å². The summed E-state index contributed by atoms with van der Waals surface area (Å²) in [4.78, 5) is 0. The molecule has 0 heterocycles. The van der Waals surface area contributed by atoms with Gasteiger partial charge >= 0.3 is 6.11 Å². The highest BCUT2D eigenvalue weighted by atomic mass is 19.3. The molecule has 0 atom stereocenters. The molecule has 0 N–H and O–H groups in total. The van der Waals surface area contributed by atoms with E-state index in [0.29, 0.717) is 0 Å². The van der Waals surface area contributed by atoms with Crippen LogP contribution >= 0.6 is 0 Å². The molecule has 4 heteroatoms. The van der Waals surface area contributed by atoms with Crippen LogP contribution in [-0.4, -0.2) is 6.11 Å². The van der Waals surface area contributed by atoms with Crippen molar-refractivity contribution in [1.82, 2.24) is 0 Å². The normalized spacial score (nSPS) is 11.4. The molecule has 0 radical (unpaired) electrons. The van der Waals surface area contributed by atoms with Gasteiger partial charge in [0.2, 0.25) is 0 Å². The van der Waals surface area contributed by atoms with Crippen molar-refractivity contribution in [3.8, 4) is 16.9 Å². The van der Waals surface area contributed by atoms with Crippen LogP contribution in [0.3, 0.4) is 0 Å². The van der Waals surface area contributed by atoms with Crippen LogP contribution in [-0.2, 0) is 0 Å². The molecule has 0 amide bonds. The van der Waals surface area contributed by atoms with Gasteiger partial charge in [-0.15, -0.1) is 0 Å². The van der Waals surface area contributed by atoms with Gasteiger partial charge in [0.15, 0.2) is 0 Å². The summed E-state index contributed by atoms with van der Waals surface area (Å²) >= 11 is 0. The van der Waals surface area contributed by atoms with Crippen LogP contribution in [0, 0.1) is 5.82 Å². The van der Waals surface area contributed by atoms with E-state index < -0.39 is 6.11 Å². The number of alkyl halides is 2.